The molecule has 0 saturated carbocycles. The fraction of sp³-hybridized carbons (Fsp3) is 0.440. The zero-order chi connectivity index (χ0) is 22.1. The van der Waals surface area contributed by atoms with Gasteiger partial charge in [-0.05, 0) is 66.9 Å². The van der Waals surface area contributed by atoms with Crippen LogP contribution in [-0.4, -0.2) is 34.7 Å². The molecule has 1 fully saturated rings. The van der Waals surface area contributed by atoms with Crippen molar-refractivity contribution in [3.8, 4) is 16.9 Å². The van der Waals surface area contributed by atoms with E-state index in [1.807, 2.05) is 24.4 Å². The first-order chi connectivity index (χ1) is 14.9. The number of methoxy groups -OCH3 is 1. The number of aryl methyl sites for hydroxylation is 1. The smallest absolute Gasteiger partial charge is 0.259 e. The standard InChI is InChI=1S/C25H30ClN3O2/c1-16(2)17-6-9-29(10-7-17)15-22-23(26)11-18(12-24(22)31-4)21-14-28(3)25(30)20-13-27-8-5-19(20)21/h5,8,11-14,16-17H,6-7,9-10,15H2,1-4H3. The van der Waals surface area contributed by atoms with Crippen molar-refractivity contribution in [1.29, 1.82) is 0 Å². The molecule has 3 heterocycles. The van der Waals surface area contributed by atoms with E-state index in [1.165, 1.54) is 12.8 Å². The Balaban J connectivity index is 1.69. The second-order valence-electron chi connectivity index (χ2n) is 8.88. The number of hydrogen-bond acceptors (Lipinski definition) is 4. The van der Waals surface area contributed by atoms with Crippen molar-refractivity contribution in [1.82, 2.24) is 14.5 Å². The van der Waals surface area contributed by atoms with Crippen LogP contribution < -0.4 is 10.3 Å². The van der Waals surface area contributed by atoms with Gasteiger partial charge in [-0.1, -0.05) is 25.4 Å². The van der Waals surface area contributed by atoms with Crippen molar-refractivity contribution in [2.24, 2.45) is 18.9 Å². The van der Waals surface area contributed by atoms with Gasteiger partial charge in [-0.3, -0.25) is 14.7 Å². The molecule has 2 aromatic heterocycles. The minimum Gasteiger partial charge on any atom is -0.496 e. The third-order valence-corrected chi connectivity index (χ3v) is 6.96. The fourth-order valence-electron chi connectivity index (χ4n) is 4.65. The first-order valence-corrected chi connectivity index (χ1v) is 11.3. The topological polar surface area (TPSA) is 47.4 Å². The molecular formula is C25H30ClN3O2. The molecule has 1 aliphatic rings. The Morgan fingerprint density at radius 2 is 1.97 bits per heavy atom. The zero-order valence-corrected chi connectivity index (χ0v) is 19.4. The Hall–Kier alpha value is -2.37. The minimum absolute atomic E-state index is 0.0636. The number of benzene rings is 1. The minimum atomic E-state index is -0.0636. The first kappa shape index (κ1) is 21.8. The van der Waals surface area contributed by atoms with Gasteiger partial charge in [-0.15, -0.1) is 0 Å². The van der Waals surface area contributed by atoms with E-state index in [0.717, 1.165) is 59.3 Å². The van der Waals surface area contributed by atoms with Gasteiger partial charge in [0.05, 0.1) is 12.5 Å². The number of aromatic nitrogens is 2. The molecule has 6 heteroatoms. The summed E-state index contributed by atoms with van der Waals surface area (Å²) in [6.45, 7) is 7.59. The lowest BCUT2D eigenvalue weighted by atomic mass is 9.86. The zero-order valence-electron chi connectivity index (χ0n) is 18.7. The Bertz CT molecular complexity index is 1150. The van der Waals surface area contributed by atoms with Gasteiger partial charge in [0.2, 0.25) is 0 Å². The summed E-state index contributed by atoms with van der Waals surface area (Å²) in [5.41, 5.74) is 2.82. The van der Waals surface area contributed by atoms with Gasteiger partial charge in [0.25, 0.3) is 5.56 Å². The number of halogens is 1. The maximum Gasteiger partial charge on any atom is 0.259 e. The number of fused-ring (bicyclic) bond motifs is 1. The Morgan fingerprint density at radius 1 is 1.23 bits per heavy atom. The SMILES string of the molecule is COc1cc(-c2cn(C)c(=O)c3cnccc23)cc(Cl)c1CN1CCC(C(C)C)CC1. The molecule has 0 atom stereocenters. The Labute approximate surface area is 188 Å². The molecule has 0 N–H and O–H groups in total. The van der Waals surface area contributed by atoms with E-state index in [-0.39, 0.29) is 5.56 Å². The van der Waals surface area contributed by atoms with Crippen LogP contribution in [0.15, 0.2) is 41.6 Å². The van der Waals surface area contributed by atoms with Crippen LogP contribution in [0.2, 0.25) is 5.02 Å². The van der Waals surface area contributed by atoms with Crippen LogP contribution in [0.1, 0.15) is 32.3 Å². The van der Waals surface area contributed by atoms with Crippen LogP contribution in [0.5, 0.6) is 5.75 Å². The lowest BCUT2D eigenvalue weighted by molar-refractivity contribution is 0.151. The molecule has 31 heavy (non-hydrogen) atoms. The number of hydrogen-bond donors (Lipinski definition) is 0. The molecule has 1 aliphatic heterocycles. The molecule has 0 unspecified atom stereocenters. The van der Waals surface area contributed by atoms with Crippen molar-refractivity contribution in [3.05, 3.63) is 57.7 Å². The molecule has 1 aromatic carbocycles. The predicted octanol–water partition coefficient (Wildman–Crippen LogP) is 5.13. The van der Waals surface area contributed by atoms with E-state index in [2.05, 4.69) is 23.7 Å². The average molecular weight is 440 g/mol. The molecule has 0 bridgehead atoms. The molecule has 164 valence electrons. The predicted molar refractivity (Wildman–Crippen MR) is 127 cm³/mol. The van der Waals surface area contributed by atoms with Gasteiger partial charge in [-0.2, -0.15) is 0 Å². The number of nitrogens with zero attached hydrogens (tertiary/aromatic N) is 3. The summed E-state index contributed by atoms with van der Waals surface area (Å²) in [5.74, 6) is 2.33. The lowest BCUT2D eigenvalue weighted by Gasteiger charge is -2.34. The van der Waals surface area contributed by atoms with Gasteiger partial charge in [-0.25, -0.2) is 0 Å². The van der Waals surface area contributed by atoms with Crippen LogP contribution >= 0.6 is 11.6 Å². The van der Waals surface area contributed by atoms with Gasteiger partial charge in [0, 0.05) is 48.3 Å². The Kier molecular flexibility index (Phi) is 6.35. The summed E-state index contributed by atoms with van der Waals surface area (Å²) < 4.78 is 7.35. The maximum atomic E-state index is 12.5. The first-order valence-electron chi connectivity index (χ1n) is 10.9. The molecule has 0 aliphatic carbocycles. The Morgan fingerprint density at radius 3 is 2.65 bits per heavy atom. The number of rotatable bonds is 5. The maximum absolute atomic E-state index is 12.5. The van der Waals surface area contributed by atoms with Crippen LogP contribution in [0.25, 0.3) is 21.9 Å². The van der Waals surface area contributed by atoms with Crippen LogP contribution in [0.3, 0.4) is 0 Å². The van der Waals surface area contributed by atoms with E-state index in [1.54, 1.807) is 31.1 Å². The summed E-state index contributed by atoms with van der Waals surface area (Å²) in [6, 6.07) is 5.89. The highest BCUT2D eigenvalue weighted by atomic mass is 35.5. The second-order valence-corrected chi connectivity index (χ2v) is 9.28. The normalized spacial score (nSPS) is 15.7. The van der Waals surface area contributed by atoms with Crippen molar-refractivity contribution < 1.29 is 4.74 Å². The molecule has 3 aromatic rings. The molecule has 0 spiro atoms. The largest absolute Gasteiger partial charge is 0.496 e. The van der Waals surface area contributed by atoms with Crippen LogP contribution in [0, 0.1) is 11.8 Å². The average Bonchev–Trinajstić information content (AvgIpc) is 2.77. The summed E-state index contributed by atoms with van der Waals surface area (Å²) in [5, 5.41) is 2.14. The van der Waals surface area contributed by atoms with E-state index >= 15 is 0 Å². The number of pyridine rings is 2. The molecular weight excluding hydrogens is 410 g/mol. The molecule has 0 amide bonds. The van der Waals surface area contributed by atoms with Gasteiger partial charge >= 0.3 is 0 Å². The molecule has 1 saturated heterocycles. The van der Waals surface area contributed by atoms with Gasteiger partial charge in [0.15, 0.2) is 0 Å². The number of ether oxygens (including phenoxy) is 1. The highest BCUT2D eigenvalue weighted by Crippen LogP contribution is 2.37. The number of likely N-dealkylation sites (tertiary alicyclic amines) is 1. The third kappa shape index (κ3) is 4.35. The van der Waals surface area contributed by atoms with Gasteiger partial charge < -0.3 is 9.30 Å². The molecule has 0 radical (unpaired) electrons. The van der Waals surface area contributed by atoms with E-state index in [4.69, 9.17) is 16.3 Å². The van der Waals surface area contributed by atoms with Crippen LogP contribution in [-0.2, 0) is 13.6 Å². The summed E-state index contributed by atoms with van der Waals surface area (Å²) in [6.07, 6.45) is 7.64. The van der Waals surface area contributed by atoms with E-state index in [9.17, 15) is 4.79 Å². The fourth-order valence-corrected chi connectivity index (χ4v) is 4.92. The van der Waals surface area contributed by atoms with Crippen molar-refractivity contribution in [2.75, 3.05) is 20.2 Å². The third-order valence-electron chi connectivity index (χ3n) is 6.63. The number of piperidine rings is 1. The van der Waals surface area contributed by atoms with Crippen molar-refractivity contribution >= 4 is 22.4 Å². The van der Waals surface area contributed by atoms with Crippen LogP contribution in [0.4, 0.5) is 0 Å². The van der Waals surface area contributed by atoms with E-state index in [0.29, 0.717) is 10.4 Å². The quantitative estimate of drug-likeness (QED) is 0.552. The van der Waals surface area contributed by atoms with Crippen molar-refractivity contribution in [2.45, 2.75) is 33.2 Å². The monoisotopic (exact) mass is 439 g/mol. The lowest BCUT2D eigenvalue weighted by Crippen LogP contribution is -2.34. The molecule has 5 nitrogen and oxygen atoms in total. The second kappa shape index (κ2) is 9.01. The summed E-state index contributed by atoms with van der Waals surface area (Å²) in [4.78, 5) is 19.1. The summed E-state index contributed by atoms with van der Waals surface area (Å²) in [7, 11) is 3.44. The summed E-state index contributed by atoms with van der Waals surface area (Å²) >= 11 is 6.80. The highest BCUT2D eigenvalue weighted by Gasteiger charge is 2.23. The van der Waals surface area contributed by atoms with E-state index < -0.39 is 0 Å². The highest BCUT2D eigenvalue weighted by molar-refractivity contribution is 6.32. The molecule has 4 rings (SSSR count). The van der Waals surface area contributed by atoms with Crippen molar-refractivity contribution in [3.63, 3.8) is 0 Å². The van der Waals surface area contributed by atoms with Gasteiger partial charge in [0.1, 0.15) is 5.75 Å².